The maximum atomic E-state index is 5.99. The fraction of sp³-hybridized carbons (Fsp3) is 1.00. The highest BCUT2D eigenvalue weighted by Gasteiger charge is 2.36. The Balaban J connectivity index is 2.01. The van der Waals surface area contributed by atoms with Gasteiger partial charge in [0.25, 0.3) is 0 Å². The molecule has 3 N–H and O–H groups in total. The summed E-state index contributed by atoms with van der Waals surface area (Å²) in [6.07, 6.45) is 6.71. The molecule has 14 heavy (non-hydrogen) atoms. The van der Waals surface area contributed by atoms with Gasteiger partial charge in [-0.25, -0.2) is 0 Å². The van der Waals surface area contributed by atoms with E-state index >= 15 is 0 Å². The van der Waals surface area contributed by atoms with Gasteiger partial charge in [0.1, 0.15) is 0 Å². The molecule has 0 bridgehead atoms. The molecule has 3 heteroatoms. The Morgan fingerprint density at radius 1 is 1.14 bits per heavy atom. The molecule has 0 spiro atoms. The van der Waals surface area contributed by atoms with Crippen LogP contribution in [0.3, 0.4) is 0 Å². The van der Waals surface area contributed by atoms with Crippen molar-refractivity contribution in [2.24, 2.45) is 5.73 Å². The summed E-state index contributed by atoms with van der Waals surface area (Å²) in [5.74, 6) is 0. The average molecular weight is 197 g/mol. The van der Waals surface area contributed by atoms with Crippen molar-refractivity contribution < 1.29 is 0 Å². The Labute approximate surface area is 87.0 Å². The zero-order valence-electron chi connectivity index (χ0n) is 9.10. The monoisotopic (exact) mass is 197 g/mol. The van der Waals surface area contributed by atoms with Crippen molar-refractivity contribution in [1.29, 1.82) is 0 Å². The molecule has 2 saturated heterocycles. The molecule has 0 aliphatic carbocycles. The highest BCUT2D eigenvalue weighted by atomic mass is 15.2. The molecule has 2 fully saturated rings. The highest BCUT2D eigenvalue weighted by Crippen LogP contribution is 2.26. The lowest BCUT2D eigenvalue weighted by atomic mass is 9.86. The quantitative estimate of drug-likeness (QED) is 0.679. The minimum Gasteiger partial charge on any atom is -0.329 e. The summed E-state index contributed by atoms with van der Waals surface area (Å²) >= 11 is 0. The van der Waals surface area contributed by atoms with E-state index < -0.39 is 0 Å². The predicted octanol–water partition coefficient (Wildman–Crippen LogP) is 0.553. The smallest absolute Gasteiger partial charge is 0.0456 e. The van der Waals surface area contributed by atoms with Crippen LogP contribution in [-0.2, 0) is 0 Å². The Kier molecular flexibility index (Phi) is 3.42. The number of nitrogens with zero attached hydrogens (tertiary/aromatic N) is 1. The SMILES string of the molecule is NCC1(N2CCCCC2)CCCNC1. The number of nitrogens with one attached hydrogen (secondary N) is 1. The number of likely N-dealkylation sites (tertiary alicyclic amines) is 1. The van der Waals surface area contributed by atoms with Crippen LogP contribution in [-0.4, -0.2) is 43.2 Å². The molecule has 0 radical (unpaired) electrons. The molecule has 2 aliphatic rings. The third-order valence-electron chi connectivity index (χ3n) is 3.86. The molecule has 0 aromatic heterocycles. The van der Waals surface area contributed by atoms with Crippen LogP contribution in [0.1, 0.15) is 32.1 Å². The van der Waals surface area contributed by atoms with Crippen molar-refractivity contribution >= 4 is 0 Å². The standard InChI is InChI=1S/C11H23N3/c12-9-11(5-4-6-13-10-11)14-7-2-1-3-8-14/h13H,1-10,12H2. The minimum atomic E-state index is 0.290. The van der Waals surface area contributed by atoms with Crippen molar-refractivity contribution in [3.8, 4) is 0 Å². The van der Waals surface area contributed by atoms with Gasteiger partial charge >= 0.3 is 0 Å². The molecular formula is C11H23N3. The van der Waals surface area contributed by atoms with Gasteiger partial charge in [-0.05, 0) is 45.3 Å². The van der Waals surface area contributed by atoms with Gasteiger partial charge in [-0.3, -0.25) is 4.90 Å². The first kappa shape index (κ1) is 10.4. The molecule has 1 atom stereocenters. The van der Waals surface area contributed by atoms with Crippen LogP contribution in [0, 0.1) is 0 Å². The second-order valence-corrected chi connectivity index (χ2v) is 4.76. The molecule has 0 saturated carbocycles. The van der Waals surface area contributed by atoms with E-state index in [1.807, 2.05) is 0 Å². The lowest BCUT2D eigenvalue weighted by Gasteiger charge is -2.47. The van der Waals surface area contributed by atoms with Crippen molar-refractivity contribution in [3.63, 3.8) is 0 Å². The number of piperidine rings is 2. The van der Waals surface area contributed by atoms with Crippen molar-refractivity contribution in [2.75, 3.05) is 32.7 Å². The van der Waals surface area contributed by atoms with E-state index in [0.717, 1.165) is 13.1 Å². The lowest BCUT2D eigenvalue weighted by molar-refractivity contribution is 0.0507. The Morgan fingerprint density at radius 2 is 1.93 bits per heavy atom. The molecule has 2 aliphatic heterocycles. The lowest BCUT2D eigenvalue weighted by Crippen LogP contribution is -2.62. The average Bonchev–Trinajstić information content (AvgIpc) is 2.31. The van der Waals surface area contributed by atoms with Crippen LogP contribution in [0.5, 0.6) is 0 Å². The van der Waals surface area contributed by atoms with Gasteiger partial charge in [-0.15, -0.1) is 0 Å². The largest absolute Gasteiger partial charge is 0.329 e. The number of hydrogen-bond acceptors (Lipinski definition) is 3. The predicted molar refractivity (Wildman–Crippen MR) is 59.3 cm³/mol. The van der Waals surface area contributed by atoms with E-state index in [1.165, 1.54) is 51.7 Å². The summed E-state index contributed by atoms with van der Waals surface area (Å²) in [7, 11) is 0. The van der Waals surface area contributed by atoms with E-state index in [0.29, 0.717) is 5.54 Å². The number of hydrogen-bond donors (Lipinski definition) is 2. The Bertz CT molecular complexity index is 169. The maximum absolute atomic E-state index is 5.99. The summed E-state index contributed by atoms with van der Waals surface area (Å²) in [5, 5.41) is 3.50. The normalized spacial score (nSPS) is 35.8. The molecule has 1 unspecified atom stereocenters. The molecule has 2 heterocycles. The van der Waals surface area contributed by atoms with E-state index in [9.17, 15) is 0 Å². The first-order chi connectivity index (χ1) is 6.87. The molecule has 0 aromatic rings. The van der Waals surface area contributed by atoms with Crippen molar-refractivity contribution in [3.05, 3.63) is 0 Å². The van der Waals surface area contributed by atoms with Crippen molar-refractivity contribution in [2.45, 2.75) is 37.6 Å². The minimum absolute atomic E-state index is 0.290. The van der Waals surface area contributed by atoms with Gasteiger partial charge < -0.3 is 11.1 Å². The fourth-order valence-corrected chi connectivity index (χ4v) is 2.89. The molecule has 2 rings (SSSR count). The van der Waals surface area contributed by atoms with Crippen LogP contribution < -0.4 is 11.1 Å². The summed E-state index contributed by atoms with van der Waals surface area (Å²) < 4.78 is 0. The van der Waals surface area contributed by atoms with Crippen LogP contribution >= 0.6 is 0 Å². The van der Waals surface area contributed by atoms with Gasteiger partial charge in [-0.2, -0.15) is 0 Å². The van der Waals surface area contributed by atoms with Gasteiger partial charge in [-0.1, -0.05) is 6.42 Å². The summed E-state index contributed by atoms with van der Waals surface area (Å²) in [6.45, 7) is 5.62. The molecular weight excluding hydrogens is 174 g/mol. The zero-order chi connectivity index (χ0) is 9.86. The van der Waals surface area contributed by atoms with E-state index in [4.69, 9.17) is 5.73 Å². The van der Waals surface area contributed by atoms with E-state index in [-0.39, 0.29) is 0 Å². The van der Waals surface area contributed by atoms with E-state index in [1.54, 1.807) is 0 Å². The molecule has 0 aromatic carbocycles. The second kappa shape index (κ2) is 4.60. The second-order valence-electron chi connectivity index (χ2n) is 4.76. The summed E-state index contributed by atoms with van der Waals surface area (Å²) in [5.41, 5.74) is 6.28. The van der Waals surface area contributed by atoms with Crippen LogP contribution in [0.2, 0.25) is 0 Å². The molecule has 0 amide bonds. The van der Waals surface area contributed by atoms with Gasteiger partial charge in [0.2, 0.25) is 0 Å². The third kappa shape index (κ3) is 1.95. The summed E-state index contributed by atoms with van der Waals surface area (Å²) in [4.78, 5) is 2.64. The first-order valence-corrected chi connectivity index (χ1v) is 6.03. The van der Waals surface area contributed by atoms with Gasteiger partial charge in [0, 0.05) is 18.6 Å². The van der Waals surface area contributed by atoms with Gasteiger partial charge in [0.15, 0.2) is 0 Å². The Hall–Kier alpha value is -0.120. The van der Waals surface area contributed by atoms with Crippen LogP contribution in [0.25, 0.3) is 0 Å². The number of rotatable bonds is 2. The first-order valence-electron chi connectivity index (χ1n) is 6.03. The molecule has 3 nitrogen and oxygen atoms in total. The van der Waals surface area contributed by atoms with Crippen LogP contribution in [0.4, 0.5) is 0 Å². The van der Waals surface area contributed by atoms with E-state index in [2.05, 4.69) is 10.2 Å². The van der Waals surface area contributed by atoms with Crippen LogP contribution in [0.15, 0.2) is 0 Å². The fourth-order valence-electron chi connectivity index (χ4n) is 2.89. The molecule has 82 valence electrons. The topological polar surface area (TPSA) is 41.3 Å². The zero-order valence-corrected chi connectivity index (χ0v) is 9.10. The maximum Gasteiger partial charge on any atom is 0.0456 e. The Morgan fingerprint density at radius 3 is 2.50 bits per heavy atom. The van der Waals surface area contributed by atoms with Crippen molar-refractivity contribution in [1.82, 2.24) is 10.2 Å². The third-order valence-corrected chi connectivity index (χ3v) is 3.86. The number of nitrogens with two attached hydrogens (primary N) is 1. The highest BCUT2D eigenvalue weighted by molar-refractivity contribution is 4.97. The van der Waals surface area contributed by atoms with Gasteiger partial charge in [0.05, 0.1) is 0 Å². The summed E-state index contributed by atoms with van der Waals surface area (Å²) in [6, 6.07) is 0.